The van der Waals surface area contributed by atoms with E-state index < -0.39 is 5.91 Å². The molecule has 4 nitrogen and oxygen atoms in total. The maximum Gasteiger partial charge on any atom is 0.252 e. The molecule has 0 aliphatic heterocycles. The Labute approximate surface area is 117 Å². The Morgan fingerprint density at radius 2 is 2.11 bits per heavy atom. The first-order valence-corrected chi connectivity index (χ1v) is 5.31. The van der Waals surface area contributed by atoms with Crippen LogP contribution in [0.15, 0.2) is 12.1 Å². The predicted molar refractivity (Wildman–Crippen MR) is 75.2 cm³/mol. The van der Waals surface area contributed by atoms with Crippen LogP contribution in [-0.4, -0.2) is 12.0 Å². The zero-order valence-electron chi connectivity index (χ0n) is 9.99. The lowest BCUT2D eigenvalue weighted by Crippen LogP contribution is -2.16. The van der Waals surface area contributed by atoms with Crippen LogP contribution < -0.4 is 16.2 Å². The Hall–Kier alpha value is -1.57. The number of amides is 1. The van der Waals surface area contributed by atoms with Crippen molar-refractivity contribution in [2.45, 2.75) is 20.0 Å². The normalized spacial score (nSPS) is 10.6. The number of rotatable bonds is 3. The third kappa shape index (κ3) is 4.02. The molecule has 1 atom stereocenters. The van der Waals surface area contributed by atoms with Gasteiger partial charge in [0.2, 0.25) is 0 Å². The molecule has 1 aromatic rings. The van der Waals surface area contributed by atoms with Crippen molar-refractivity contribution in [1.29, 1.82) is 0 Å². The molecule has 0 bridgehead atoms. The number of primary amides is 1. The third-order valence-corrected chi connectivity index (χ3v) is 2.34. The lowest BCUT2D eigenvalue weighted by Gasteiger charge is -2.13. The topological polar surface area (TPSA) is 78.3 Å². The summed E-state index contributed by atoms with van der Waals surface area (Å²) in [4.78, 5) is 11.2. The quantitative estimate of drug-likeness (QED) is 0.661. The first-order valence-electron chi connectivity index (χ1n) is 4.93. The van der Waals surface area contributed by atoms with Crippen molar-refractivity contribution in [3.63, 3.8) is 0 Å². The van der Waals surface area contributed by atoms with Gasteiger partial charge in [0.1, 0.15) is 5.75 Å². The Kier molecular flexibility index (Phi) is 6.39. The van der Waals surface area contributed by atoms with Crippen LogP contribution in [0.1, 0.15) is 24.2 Å². The zero-order valence-corrected chi connectivity index (χ0v) is 11.6. The molecule has 0 aliphatic carbocycles. The minimum atomic E-state index is -0.626. The molecule has 0 saturated heterocycles. The lowest BCUT2D eigenvalue weighted by molar-refractivity contribution is 0.0995. The number of carbonyl (C=O) groups excluding carboxylic acids is 1. The van der Waals surface area contributed by atoms with Crippen molar-refractivity contribution in [3.05, 3.63) is 22.7 Å². The number of nitrogens with two attached hydrogens (primary N) is 2. The summed E-state index contributed by atoms with van der Waals surface area (Å²) in [5.74, 6) is 5.17. The maximum atomic E-state index is 11.2. The lowest BCUT2D eigenvalue weighted by atomic mass is 10.1. The van der Waals surface area contributed by atoms with Crippen LogP contribution in [0.3, 0.4) is 0 Å². The zero-order chi connectivity index (χ0) is 13.0. The molecule has 18 heavy (non-hydrogen) atoms. The molecular weight excluding hydrogens is 275 g/mol. The van der Waals surface area contributed by atoms with E-state index in [0.29, 0.717) is 5.69 Å². The summed E-state index contributed by atoms with van der Waals surface area (Å²) in [6.45, 7) is 3.46. The number of hydrogen-bond donors (Lipinski definition) is 2. The van der Waals surface area contributed by atoms with Crippen molar-refractivity contribution < 1.29 is 9.53 Å². The van der Waals surface area contributed by atoms with E-state index in [0.717, 1.165) is 0 Å². The van der Waals surface area contributed by atoms with Crippen molar-refractivity contribution in [2.24, 2.45) is 5.73 Å². The minimum absolute atomic E-state index is 0. The predicted octanol–water partition coefficient (Wildman–Crippen LogP) is 2.23. The fourth-order valence-electron chi connectivity index (χ4n) is 1.28. The van der Waals surface area contributed by atoms with E-state index >= 15 is 0 Å². The first kappa shape index (κ1) is 16.4. The maximum absolute atomic E-state index is 11.2. The highest BCUT2D eigenvalue weighted by Gasteiger charge is 2.14. The van der Waals surface area contributed by atoms with Crippen molar-refractivity contribution in [3.8, 4) is 17.6 Å². The molecule has 1 unspecified atom stereocenters. The van der Waals surface area contributed by atoms with E-state index in [9.17, 15) is 4.79 Å². The highest BCUT2D eigenvalue weighted by molar-refractivity contribution is 6.33. The van der Waals surface area contributed by atoms with Gasteiger partial charge >= 0.3 is 0 Å². The molecule has 0 fully saturated rings. The third-order valence-electron chi connectivity index (χ3n) is 2.02. The molecule has 6 heteroatoms. The number of ether oxygens (including phenoxy) is 1. The first-order chi connectivity index (χ1) is 7.95. The van der Waals surface area contributed by atoms with Crippen LogP contribution in [0.25, 0.3) is 0 Å². The van der Waals surface area contributed by atoms with E-state index in [1.165, 1.54) is 12.1 Å². The summed E-state index contributed by atoms with van der Waals surface area (Å²) < 4.78 is 5.47. The van der Waals surface area contributed by atoms with Crippen LogP contribution >= 0.6 is 24.0 Å². The average molecular weight is 289 g/mol. The number of carbonyl (C=O) groups is 1. The second kappa shape index (κ2) is 7.00. The minimum Gasteiger partial charge on any atom is -0.477 e. The molecule has 0 aliphatic rings. The Morgan fingerprint density at radius 3 is 2.61 bits per heavy atom. The number of nitrogen functional groups attached to an aromatic ring is 1. The van der Waals surface area contributed by atoms with Gasteiger partial charge in [-0.1, -0.05) is 17.5 Å². The van der Waals surface area contributed by atoms with Gasteiger partial charge in [0.25, 0.3) is 5.91 Å². The van der Waals surface area contributed by atoms with Gasteiger partial charge in [0, 0.05) is 6.07 Å². The van der Waals surface area contributed by atoms with E-state index in [4.69, 9.17) is 27.8 Å². The van der Waals surface area contributed by atoms with Gasteiger partial charge in [-0.2, -0.15) is 0 Å². The molecule has 98 valence electrons. The van der Waals surface area contributed by atoms with Crippen LogP contribution in [0, 0.1) is 11.8 Å². The van der Waals surface area contributed by atoms with Gasteiger partial charge in [-0.3, -0.25) is 4.79 Å². The fraction of sp³-hybridized carbons (Fsp3) is 0.250. The molecule has 1 amide bonds. The highest BCUT2D eigenvalue weighted by atomic mass is 35.5. The monoisotopic (exact) mass is 288 g/mol. The summed E-state index contributed by atoms with van der Waals surface area (Å²) in [6, 6.07) is 2.86. The largest absolute Gasteiger partial charge is 0.477 e. The molecule has 1 rings (SSSR count). The summed E-state index contributed by atoms with van der Waals surface area (Å²) in [6.07, 6.45) is -0.362. The van der Waals surface area contributed by atoms with Gasteiger partial charge in [-0.05, 0) is 19.9 Å². The molecule has 0 heterocycles. The molecule has 0 saturated carbocycles. The second-order valence-electron chi connectivity index (χ2n) is 3.39. The Bertz CT molecular complexity index is 507. The Balaban J connectivity index is 0.00000289. The Morgan fingerprint density at radius 1 is 1.50 bits per heavy atom. The van der Waals surface area contributed by atoms with Crippen molar-refractivity contribution in [2.75, 3.05) is 5.73 Å². The van der Waals surface area contributed by atoms with Crippen LogP contribution in [0.2, 0.25) is 5.02 Å². The average Bonchev–Trinajstić information content (AvgIpc) is 2.23. The summed E-state index contributed by atoms with van der Waals surface area (Å²) in [7, 11) is 0. The smallest absolute Gasteiger partial charge is 0.252 e. The van der Waals surface area contributed by atoms with Crippen LogP contribution in [0.4, 0.5) is 5.69 Å². The molecule has 1 aromatic carbocycles. The van der Waals surface area contributed by atoms with Gasteiger partial charge in [0.05, 0.1) is 16.3 Å². The van der Waals surface area contributed by atoms with Crippen molar-refractivity contribution in [1.82, 2.24) is 0 Å². The number of hydrogen-bond acceptors (Lipinski definition) is 3. The molecule has 4 N–H and O–H groups in total. The SMILES string of the molecule is CC#CC(C)Oc1cc(N)c(Cl)cc1C(N)=O.Cl. The summed E-state index contributed by atoms with van der Waals surface area (Å²) >= 11 is 5.81. The van der Waals surface area contributed by atoms with Crippen molar-refractivity contribution >= 4 is 35.6 Å². The number of benzene rings is 1. The fourth-order valence-corrected chi connectivity index (χ4v) is 1.45. The molecular formula is C12H14Cl2N2O2. The van der Waals surface area contributed by atoms with Gasteiger partial charge in [0.15, 0.2) is 6.10 Å². The number of anilines is 1. The summed E-state index contributed by atoms with van der Waals surface area (Å²) in [5, 5.41) is 0.264. The van der Waals surface area contributed by atoms with Crippen LogP contribution in [0.5, 0.6) is 5.75 Å². The second-order valence-corrected chi connectivity index (χ2v) is 3.80. The molecule has 0 spiro atoms. The van der Waals surface area contributed by atoms with Gasteiger partial charge in [-0.25, -0.2) is 0 Å². The van der Waals surface area contributed by atoms with Gasteiger partial charge in [-0.15, -0.1) is 18.3 Å². The summed E-state index contributed by atoms with van der Waals surface area (Å²) in [5.41, 5.74) is 11.4. The van der Waals surface area contributed by atoms with Crippen LogP contribution in [-0.2, 0) is 0 Å². The molecule has 0 aromatic heterocycles. The number of halogens is 2. The van der Waals surface area contributed by atoms with E-state index in [1.807, 2.05) is 0 Å². The standard InChI is InChI=1S/C12H13ClN2O2.ClH/c1-3-4-7(2)17-11-6-10(14)9(13)5-8(11)12(15)16;/h5-7H,14H2,1-2H3,(H2,15,16);1H. The molecule has 0 radical (unpaired) electrons. The van der Waals surface area contributed by atoms with E-state index in [1.54, 1.807) is 13.8 Å². The van der Waals surface area contributed by atoms with E-state index in [-0.39, 0.29) is 34.8 Å². The highest BCUT2D eigenvalue weighted by Crippen LogP contribution is 2.29. The van der Waals surface area contributed by atoms with E-state index in [2.05, 4.69) is 11.8 Å². The van der Waals surface area contributed by atoms with Gasteiger partial charge < -0.3 is 16.2 Å².